The summed E-state index contributed by atoms with van der Waals surface area (Å²) in [5.41, 5.74) is 5.83. The summed E-state index contributed by atoms with van der Waals surface area (Å²) in [4.78, 5) is 16.0. The van der Waals surface area contributed by atoms with Crippen LogP contribution in [-0.4, -0.2) is 17.0 Å². The first-order valence-corrected chi connectivity index (χ1v) is 9.77. The van der Waals surface area contributed by atoms with Crippen LogP contribution in [0.4, 0.5) is 0 Å². The SMILES string of the molecule is CC(C)Oc1ccc(C(=O)NCc2ccc3[nH]c4c(c3c2)CCCC4)cc1. The van der Waals surface area contributed by atoms with Gasteiger partial charge in [-0.2, -0.15) is 0 Å². The molecule has 0 unspecified atom stereocenters. The fraction of sp³-hybridized carbons (Fsp3) is 0.348. The van der Waals surface area contributed by atoms with Crippen molar-refractivity contribution in [1.29, 1.82) is 0 Å². The maximum absolute atomic E-state index is 12.4. The van der Waals surface area contributed by atoms with E-state index >= 15 is 0 Å². The summed E-state index contributed by atoms with van der Waals surface area (Å²) in [5, 5.41) is 4.33. The van der Waals surface area contributed by atoms with E-state index in [0.29, 0.717) is 12.1 Å². The van der Waals surface area contributed by atoms with E-state index in [1.54, 1.807) is 12.1 Å². The molecule has 3 aromatic rings. The Morgan fingerprint density at radius 3 is 2.67 bits per heavy atom. The molecule has 1 aliphatic carbocycles. The van der Waals surface area contributed by atoms with E-state index in [-0.39, 0.29) is 12.0 Å². The van der Waals surface area contributed by atoms with Crippen molar-refractivity contribution in [2.75, 3.05) is 0 Å². The lowest BCUT2D eigenvalue weighted by atomic mass is 9.95. The Hall–Kier alpha value is -2.75. The van der Waals surface area contributed by atoms with Gasteiger partial charge in [0.1, 0.15) is 5.75 Å². The van der Waals surface area contributed by atoms with Crippen LogP contribution in [-0.2, 0) is 19.4 Å². The molecule has 0 atom stereocenters. The van der Waals surface area contributed by atoms with E-state index in [9.17, 15) is 4.79 Å². The molecular formula is C23H26N2O2. The maximum atomic E-state index is 12.4. The molecule has 0 radical (unpaired) electrons. The third-order valence-electron chi connectivity index (χ3n) is 5.10. The van der Waals surface area contributed by atoms with Crippen LogP contribution >= 0.6 is 0 Å². The summed E-state index contributed by atoms with van der Waals surface area (Å²) in [6.07, 6.45) is 4.95. The lowest BCUT2D eigenvalue weighted by molar-refractivity contribution is 0.0951. The highest BCUT2D eigenvalue weighted by Gasteiger charge is 2.15. The first kappa shape index (κ1) is 17.7. The van der Waals surface area contributed by atoms with E-state index in [4.69, 9.17) is 4.74 Å². The van der Waals surface area contributed by atoms with Crippen molar-refractivity contribution in [3.63, 3.8) is 0 Å². The summed E-state index contributed by atoms with van der Waals surface area (Å²) in [5.74, 6) is 0.714. The number of aryl methyl sites for hydroxylation is 2. The highest BCUT2D eigenvalue weighted by atomic mass is 16.5. The van der Waals surface area contributed by atoms with E-state index in [2.05, 4.69) is 28.5 Å². The van der Waals surface area contributed by atoms with Gasteiger partial charge in [-0.1, -0.05) is 6.07 Å². The molecule has 4 nitrogen and oxygen atoms in total. The number of carbonyl (C=O) groups is 1. The number of benzene rings is 2. The van der Waals surface area contributed by atoms with Gasteiger partial charge in [0.15, 0.2) is 0 Å². The maximum Gasteiger partial charge on any atom is 0.251 e. The normalized spacial score (nSPS) is 13.6. The molecule has 0 saturated heterocycles. The average molecular weight is 362 g/mol. The molecule has 1 aliphatic rings. The lowest BCUT2D eigenvalue weighted by Gasteiger charge is -2.11. The third-order valence-corrected chi connectivity index (χ3v) is 5.10. The van der Waals surface area contributed by atoms with Crippen LogP contribution in [0.15, 0.2) is 42.5 Å². The highest BCUT2D eigenvalue weighted by molar-refractivity contribution is 5.94. The van der Waals surface area contributed by atoms with Crippen LogP contribution < -0.4 is 10.1 Å². The number of aromatic amines is 1. The zero-order valence-corrected chi connectivity index (χ0v) is 16.0. The molecule has 27 heavy (non-hydrogen) atoms. The van der Waals surface area contributed by atoms with E-state index in [1.807, 2.05) is 26.0 Å². The molecule has 1 heterocycles. The predicted molar refractivity (Wildman–Crippen MR) is 108 cm³/mol. The Morgan fingerprint density at radius 2 is 1.89 bits per heavy atom. The number of nitrogens with one attached hydrogen (secondary N) is 2. The van der Waals surface area contributed by atoms with Gasteiger partial charge < -0.3 is 15.0 Å². The second-order valence-electron chi connectivity index (χ2n) is 7.54. The monoisotopic (exact) mass is 362 g/mol. The largest absolute Gasteiger partial charge is 0.491 e. The Morgan fingerprint density at radius 1 is 1.11 bits per heavy atom. The van der Waals surface area contributed by atoms with Crippen molar-refractivity contribution in [3.8, 4) is 5.75 Å². The number of hydrogen-bond acceptors (Lipinski definition) is 2. The van der Waals surface area contributed by atoms with Crippen LogP contribution in [0.3, 0.4) is 0 Å². The molecule has 2 N–H and O–H groups in total. The number of rotatable bonds is 5. The van der Waals surface area contributed by atoms with Crippen LogP contribution in [0.1, 0.15) is 53.9 Å². The Bertz CT molecular complexity index is 954. The van der Waals surface area contributed by atoms with Gasteiger partial charge >= 0.3 is 0 Å². The number of hydrogen-bond donors (Lipinski definition) is 2. The summed E-state index contributed by atoms with van der Waals surface area (Å²) in [6.45, 7) is 4.50. The van der Waals surface area contributed by atoms with E-state index < -0.39 is 0 Å². The highest BCUT2D eigenvalue weighted by Crippen LogP contribution is 2.29. The van der Waals surface area contributed by atoms with Crippen molar-refractivity contribution in [1.82, 2.24) is 10.3 Å². The molecule has 0 spiro atoms. The van der Waals surface area contributed by atoms with Gasteiger partial charge in [-0.05, 0) is 87.1 Å². The Kier molecular flexibility index (Phi) is 4.88. The minimum absolute atomic E-state index is 0.0673. The van der Waals surface area contributed by atoms with Gasteiger partial charge in [-0.25, -0.2) is 0 Å². The molecule has 1 amide bonds. The number of H-pyrrole nitrogens is 1. The van der Waals surface area contributed by atoms with Crippen LogP contribution in [0.2, 0.25) is 0 Å². The van der Waals surface area contributed by atoms with Crippen LogP contribution in [0, 0.1) is 0 Å². The lowest BCUT2D eigenvalue weighted by Crippen LogP contribution is -2.22. The van der Waals surface area contributed by atoms with Crippen LogP contribution in [0.5, 0.6) is 5.75 Å². The minimum Gasteiger partial charge on any atom is -0.491 e. The summed E-state index contributed by atoms with van der Waals surface area (Å²) in [7, 11) is 0. The van der Waals surface area contributed by atoms with Gasteiger partial charge in [-0.15, -0.1) is 0 Å². The quantitative estimate of drug-likeness (QED) is 0.687. The van der Waals surface area contributed by atoms with Gasteiger partial charge in [0, 0.05) is 28.7 Å². The van der Waals surface area contributed by atoms with Gasteiger partial charge in [0.05, 0.1) is 6.10 Å². The van der Waals surface area contributed by atoms with Gasteiger partial charge in [0.25, 0.3) is 5.91 Å². The summed E-state index contributed by atoms with van der Waals surface area (Å²) >= 11 is 0. The number of carbonyl (C=O) groups excluding carboxylic acids is 1. The summed E-state index contributed by atoms with van der Waals surface area (Å²) in [6, 6.07) is 13.7. The first-order valence-electron chi connectivity index (χ1n) is 9.77. The van der Waals surface area contributed by atoms with E-state index in [0.717, 1.165) is 24.2 Å². The molecular weight excluding hydrogens is 336 g/mol. The second-order valence-corrected chi connectivity index (χ2v) is 7.54. The zero-order chi connectivity index (χ0) is 18.8. The molecule has 0 bridgehead atoms. The van der Waals surface area contributed by atoms with Gasteiger partial charge in [-0.3, -0.25) is 4.79 Å². The van der Waals surface area contributed by atoms with Crippen molar-refractivity contribution in [3.05, 3.63) is 64.8 Å². The third kappa shape index (κ3) is 3.85. The standard InChI is InChI=1S/C23H26N2O2/c1-15(2)27-18-10-8-17(9-11-18)23(26)24-14-16-7-12-22-20(13-16)19-5-3-4-6-21(19)25-22/h7-13,15,25H,3-6,14H2,1-2H3,(H,24,26). The molecule has 2 aromatic carbocycles. The van der Waals surface area contributed by atoms with Crippen molar-refractivity contribution >= 4 is 16.8 Å². The number of fused-ring (bicyclic) bond motifs is 3. The fourth-order valence-corrected chi connectivity index (χ4v) is 3.80. The Balaban J connectivity index is 1.44. The molecule has 0 aliphatic heterocycles. The molecule has 0 fully saturated rings. The van der Waals surface area contributed by atoms with Crippen LogP contribution in [0.25, 0.3) is 10.9 Å². The van der Waals surface area contributed by atoms with Crippen molar-refractivity contribution in [2.45, 2.75) is 52.2 Å². The zero-order valence-electron chi connectivity index (χ0n) is 16.0. The topological polar surface area (TPSA) is 54.1 Å². The molecule has 140 valence electrons. The second kappa shape index (κ2) is 7.47. The van der Waals surface area contributed by atoms with E-state index in [1.165, 1.54) is 35.0 Å². The minimum atomic E-state index is -0.0673. The molecule has 0 saturated carbocycles. The van der Waals surface area contributed by atoms with Gasteiger partial charge in [0.2, 0.25) is 0 Å². The smallest absolute Gasteiger partial charge is 0.251 e. The average Bonchev–Trinajstić information content (AvgIpc) is 3.04. The fourth-order valence-electron chi connectivity index (χ4n) is 3.80. The molecule has 4 rings (SSSR count). The number of ether oxygens (including phenoxy) is 1. The number of aromatic nitrogens is 1. The van der Waals surface area contributed by atoms with Crippen molar-refractivity contribution < 1.29 is 9.53 Å². The Labute approximate surface area is 159 Å². The molecule has 4 heteroatoms. The first-order chi connectivity index (χ1) is 13.1. The predicted octanol–water partition coefficient (Wildman–Crippen LogP) is 4.76. The summed E-state index contributed by atoms with van der Waals surface area (Å²) < 4.78 is 5.62. The molecule has 1 aromatic heterocycles. The van der Waals surface area contributed by atoms with Crippen molar-refractivity contribution in [2.24, 2.45) is 0 Å². The number of amides is 1.